The molecule has 15 heavy (non-hydrogen) atoms. The predicted molar refractivity (Wildman–Crippen MR) is 56.9 cm³/mol. The third-order valence-electron chi connectivity index (χ3n) is 2.18. The zero-order chi connectivity index (χ0) is 11.4. The van der Waals surface area contributed by atoms with E-state index in [-0.39, 0.29) is 6.42 Å². The number of nitrogens with two attached hydrogens (primary N) is 1. The van der Waals surface area contributed by atoms with Crippen molar-refractivity contribution in [1.29, 1.82) is 0 Å². The average Bonchev–Trinajstić information content (AvgIpc) is 2.16. The number of rotatable bonds is 4. The molecule has 1 atom stereocenters. The lowest BCUT2D eigenvalue weighted by Gasteiger charge is -2.14. The summed E-state index contributed by atoms with van der Waals surface area (Å²) in [4.78, 5) is 10.5. The molecular weight excluding hydrogens is 194 g/mol. The molecule has 4 nitrogen and oxygen atoms in total. The van der Waals surface area contributed by atoms with Gasteiger partial charge in [-0.25, -0.2) is 0 Å². The zero-order valence-corrected chi connectivity index (χ0v) is 8.86. The van der Waals surface area contributed by atoms with E-state index < -0.39 is 12.0 Å². The quantitative estimate of drug-likeness (QED) is 0.787. The smallest absolute Gasteiger partial charge is 0.305 e. The van der Waals surface area contributed by atoms with E-state index in [2.05, 4.69) is 0 Å². The average molecular weight is 209 g/mol. The number of methoxy groups -OCH3 is 1. The van der Waals surface area contributed by atoms with Crippen LogP contribution in [-0.4, -0.2) is 18.2 Å². The van der Waals surface area contributed by atoms with Gasteiger partial charge in [-0.15, -0.1) is 0 Å². The Morgan fingerprint density at radius 1 is 1.60 bits per heavy atom. The highest BCUT2D eigenvalue weighted by molar-refractivity contribution is 5.68. The van der Waals surface area contributed by atoms with Crippen LogP contribution in [0, 0.1) is 6.92 Å². The first-order chi connectivity index (χ1) is 7.04. The Morgan fingerprint density at radius 3 is 2.80 bits per heavy atom. The summed E-state index contributed by atoms with van der Waals surface area (Å²) in [7, 11) is 1.54. The summed E-state index contributed by atoms with van der Waals surface area (Å²) in [5, 5.41) is 8.66. The maximum absolute atomic E-state index is 10.5. The molecule has 0 saturated carbocycles. The van der Waals surface area contributed by atoms with Crippen LogP contribution >= 0.6 is 0 Å². The topological polar surface area (TPSA) is 72.5 Å². The van der Waals surface area contributed by atoms with E-state index in [1.165, 1.54) is 0 Å². The van der Waals surface area contributed by atoms with Gasteiger partial charge in [-0.05, 0) is 13.0 Å². The van der Waals surface area contributed by atoms with Crippen LogP contribution in [0.15, 0.2) is 18.2 Å². The fourth-order valence-corrected chi connectivity index (χ4v) is 1.44. The minimum absolute atomic E-state index is 0.0974. The van der Waals surface area contributed by atoms with Gasteiger partial charge in [0, 0.05) is 11.6 Å². The lowest BCUT2D eigenvalue weighted by molar-refractivity contribution is -0.137. The first-order valence-corrected chi connectivity index (χ1v) is 4.66. The van der Waals surface area contributed by atoms with Gasteiger partial charge < -0.3 is 15.6 Å². The maximum Gasteiger partial charge on any atom is 0.305 e. The molecule has 82 valence electrons. The highest BCUT2D eigenvalue weighted by atomic mass is 16.5. The van der Waals surface area contributed by atoms with Crippen LogP contribution in [0.2, 0.25) is 0 Å². The number of hydrogen-bond donors (Lipinski definition) is 2. The minimum atomic E-state index is -0.911. The molecular formula is C11H15NO3. The number of benzene rings is 1. The molecule has 1 aromatic rings. The van der Waals surface area contributed by atoms with Crippen molar-refractivity contribution in [3.05, 3.63) is 29.3 Å². The second kappa shape index (κ2) is 4.79. The van der Waals surface area contributed by atoms with E-state index in [4.69, 9.17) is 15.6 Å². The number of hydrogen-bond acceptors (Lipinski definition) is 3. The van der Waals surface area contributed by atoms with Crippen LogP contribution in [0.3, 0.4) is 0 Å². The molecule has 0 amide bonds. The lowest BCUT2D eigenvalue weighted by Crippen LogP contribution is -2.16. The summed E-state index contributed by atoms with van der Waals surface area (Å²) >= 11 is 0. The predicted octanol–water partition coefficient (Wildman–Crippen LogP) is 1.48. The molecule has 1 aromatic carbocycles. The SMILES string of the molecule is COc1ccc(C)cc1C(N)CC(=O)O. The summed E-state index contributed by atoms with van der Waals surface area (Å²) < 4.78 is 5.13. The number of aliphatic carboxylic acids is 1. The second-order valence-corrected chi connectivity index (χ2v) is 3.45. The first-order valence-electron chi connectivity index (χ1n) is 4.66. The standard InChI is InChI=1S/C11H15NO3/c1-7-3-4-10(15-2)8(5-7)9(12)6-11(13)14/h3-5,9H,6,12H2,1-2H3,(H,13,14). The van der Waals surface area contributed by atoms with Crippen LogP contribution in [0.4, 0.5) is 0 Å². The molecule has 3 N–H and O–H groups in total. The Hall–Kier alpha value is -1.55. The first kappa shape index (κ1) is 11.5. The van der Waals surface area contributed by atoms with Crippen LogP contribution in [0.25, 0.3) is 0 Å². The molecule has 0 bridgehead atoms. The van der Waals surface area contributed by atoms with Crippen LogP contribution in [0.1, 0.15) is 23.6 Å². The van der Waals surface area contributed by atoms with Gasteiger partial charge in [0.25, 0.3) is 0 Å². The summed E-state index contributed by atoms with van der Waals surface area (Å²) in [5.74, 6) is -0.277. The van der Waals surface area contributed by atoms with Crippen molar-refractivity contribution in [2.24, 2.45) is 5.73 Å². The molecule has 0 heterocycles. The monoisotopic (exact) mass is 209 g/mol. The lowest BCUT2D eigenvalue weighted by atomic mass is 10.0. The Kier molecular flexibility index (Phi) is 3.68. The van der Waals surface area contributed by atoms with Gasteiger partial charge in [-0.3, -0.25) is 4.79 Å². The summed E-state index contributed by atoms with van der Waals surface area (Å²) in [5.41, 5.74) is 7.55. The minimum Gasteiger partial charge on any atom is -0.496 e. The third kappa shape index (κ3) is 2.95. The van der Waals surface area contributed by atoms with E-state index in [0.29, 0.717) is 5.75 Å². The van der Waals surface area contributed by atoms with E-state index >= 15 is 0 Å². The second-order valence-electron chi connectivity index (χ2n) is 3.45. The zero-order valence-electron chi connectivity index (χ0n) is 8.86. The number of carbonyl (C=O) groups is 1. The van der Waals surface area contributed by atoms with Gasteiger partial charge in [-0.2, -0.15) is 0 Å². The van der Waals surface area contributed by atoms with Gasteiger partial charge in [0.15, 0.2) is 0 Å². The van der Waals surface area contributed by atoms with Gasteiger partial charge in [0.05, 0.1) is 13.5 Å². The molecule has 0 saturated heterocycles. The Labute approximate surface area is 88.7 Å². The normalized spacial score (nSPS) is 12.2. The van der Waals surface area contributed by atoms with E-state index in [1.807, 2.05) is 19.1 Å². The number of aryl methyl sites for hydroxylation is 1. The Bertz CT molecular complexity index is 363. The molecule has 0 aromatic heterocycles. The van der Waals surface area contributed by atoms with Crippen molar-refractivity contribution in [3.8, 4) is 5.75 Å². The molecule has 0 aliphatic carbocycles. The van der Waals surface area contributed by atoms with Gasteiger partial charge in [0.2, 0.25) is 0 Å². The van der Waals surface area contributed by atoms with Crippen LogP contribution in [-0.2, 0) is 4.79 Å². The molecule has 0 fully saturated rings. The molecule has 1 rings (SSSR count). The fourth-order valence-electron chi connectivity index (χ4n) is 1.44. The number of carboxylic acid groups (broad SMARTS) is 1. The van der Waals surface area contributed by atoms with Crippen molar-refractivity contribution in [1.82, 2.24) is 0 Å². The van der Waals surface area contributed by atoms with E-state index in [9.17, 15) is 4.79 Å². The van der Waals surface area contributed by atoms with E-state index in [1.54, 1.807) is 13.2 Å². The molecule has 0 aliphatic heterocycles. The number of ether oxygens (including phenoxy) is 1. The van der Waals surface area contributed by atoms with Crippen molar-refractivity contribution >= 4 is 5.97 Å². The third-order valence-corrected chi connectivity index (χ3v) is 2.18. The molecule has 0 aliphatic rings. The van der Waals surface area contributed by atoms with Crippen LogP contribution in [0.5, 0.6) is 5.75 Å². The van der Waals surface area contributed by atoms with Crippen molar-refractivity contribution < 1.29 is 14.6 Å². The summed E-state index contributed by atoms with van der Waals surface area (Å²) in [6.45, 7) is 1.93. The Morgan fingerprint density at radius 2 is 2.27 bits per heavy atom. The molecule has 1 unspecified atom stereocenters. The molecule has 0 spiro atoms. The largest absolute Gasteiger partial charge is 0.496 e. The number of carboxylic acids is 1. The summed E-state index contributed by atoms with van der Waals surface area (Å²) in [6, 6.07) is 5.02. The summed E-state index contributed by atoms with van der Waals surface area (Å²) in [6.07, 6.45) is -0.0974. The van der Waals surface area contributed by atoms with Crippen molar-refractivity contribution in [3.63, 3.8) is 0 Å². The van der Waals surface area contributed by atoms with Gasteiger partial charge >= 0.3 is 5.97 Å². The van der Waals surface area contributed by atoms with Crippen molar-refractivity contribution in [2.45, 2.75) is 19.4 Å². The maximum atomic E-state index is 10.5. The van der Waals surface area contributed by atoms with Crippen molar-refractivity contribution in [2.75, 3.05) is 7.11 Å². The van der Waals surface area contributed by atoms with Gasteiger partial charge in [-0.1, -0.05) is 17.7 Å². The fraction of sp³-hybridized carbons (Fsp3) is 0.364. The van der Waals surface area contributed by atoms with Crippen LogP contribution < -0.4 is 10.5 Å². The highest BCUT2D eigenvalue weighted by Crippen LogP contribution is 2.26. The molecule has 4 heteroatoms. The Balaban J connectivity index is 2.99. The van der Waals surface area contributed by atoms with Gasteiger partial charge in [0.1, 0.15) is 5.75 Å². The highest BCUT2D eigenvalue weighted by Gasteiger charge is 2.15. The molecule has 0 radical (unpaired) electrons. The van der Waals surface area contributed by atoms with E-state index in [0.717, 1.165) is 11.1 Å².